The molecule has 0 aliphatic carbocycles. The predicted octanol–water partition coefficient (Wildman–Crippen LogP) is -1.75. The van der Waals surface area contributed by atoms with Gasteiger partial charge in [-0.2, -0.15) is 0 Å². The fraction of sp³-hybridized carbons (Fsp3) is 0.833. The summed E-state index contributed by atoms with van der Waals surface area (Å²) >= 11 is 5.28. The van der Waals surface area contributed by atoms with Crippen molar-refractivity contribution in [3.05, 3.63) is 0 Å². The molecule has 0 aromatic carbocycles. The third-order valence-electron chi connectivity index (χ3n) is 4.48. The summed E-state index contributed by atoms with van der Waals surface area (Å²) in [6.07, 6.45) is -0.696. The van der Waals surface area contributed by atoms with Crippen LogP contribution < -0.4 is 10.6 Å². The van der Waals surface area contributed by atoms with Gasteiger partial charge in [-0.3, -0.25) is 0 Å². The van der Waals surface area contributed by atoms with Crippen LogP contribution in [0.1, 0.15) is 6.92 Å². The van der Waals surface area contributed by atoms with E-state index in [1.807, 2.05) is 0 Å². The lowest BCUT2D eigenvalue weighted by Crippen LogP contribution is -2.55. The van der Waals surface area contributed by atoms with E-state index in [1.165, 1.54) is 0 Å². The van der Waals surface area contributed by atoms with E-state index >= 15 is 0 Å². The minimum absolute atomic E-state index is 0.0241. The van der Waals surface area contributed by atoms with Gasteiger partial charge < -0.3 is 20.3 Å². The number of rotatable bonds is 3. The summed E-state index contributed by atoms with van der Waals surface area (Å²) in [6, 6.07) is -2.06. The largest absolute Gasteiger partial charge is 0.450 e. The number of sulfone groups is 2. The normalized spacial score (nSPS) is 36.2. The maximum Gasteiger partial charge on any atom is 0.407 e. The van der Waals surface area contributed by atoms with Crippen molar-refractivity contribution in [2.45, 2.75) is 31.1 Å². The molecule has 9 nitrogen and oxygen atoms in total. The van der Waals surface area contributed by atoms with Crippen molar-refractivity contribution in [1.82, 2.24) is 15.5 Å². The molecule has 1 amide bonds. The highest BCUT2D eigenvalue weighted by Crippen LogP contribution is 2.30. The smallest absolute Gasteiger partial charge is 0.407 e. The molecule has 0 bridgehead atoms. The summed E-state index contributed by atoms with van der Waals surface area (Å²) in [7, 11) is -6.57. The van der Waals surface area contributed by atoms with Gasteiger partial charge in [-0.15, -0.1) is 0 Å². The number of alkyl carbamates (subject to hydrolysis) is 1. The van der Waals surface area contributed by atoms with Crippen LogP contribution in [0.2, 0.25) is 0 Å². The highest BCUT2D eigenvalue weighted by Gasteiger charge is 2.53. The first-order valence-electron chi connectivity index (χ1n) is 7.55. The van der Waals surface area contributed by atoms with Gasteiger partial charge in [0.05, 0.1) is 53.8 Å². The number of ether oxygens (including phenoxy) is 1. The predicted molar refractivity (Wildman–Crippen MR) is 90.2 cm³/mol. The number of hydrogen-bond acceptors (Lipinski definition) is 7. The third-order valence-corrected chi connectivity index (χ3v) is 8.24. The van der Waals surface area contributed by atoms with Crippen molar-refractivity contribution in [1.29, 1.82) is 0 Å². The van der Waals surface area contributed by atoms with Crippen LogP contribution in [0, 0.1) is 0 Å². The lowest BCUT2D eigenvalue weighted by molar-refractivity contribution is 0.143. The Balaban J connectivity index is 1.85. The molecule has 0 spiro atoms. The zero-order valence-electron chi connectivity index (χ0n) is 13.0. The molecule has 3 saturated heterocycles. The van der Waals surface area contributed by atoms with Gasteiger partial charge in [0, 0.05) is 0 Å². The highest BCUT2D eigenvalue weighted by atomic mass is 32.2. The number of nitrogens with one attached hydrogen (secondary N) is 2. The van der Waals surface area contributed by atoms with Crippen LogP contribution in [-0.4, -0.2) is 86.7 Å². The third kappa shape index (κ3) is 3.31. The maximum atomic E-state index is 12.1. The van der Waals surface area contributed by atoms with Gasteiger partial charge in [0.15, 0.2) is 24.8 Å². The Morgan fingerprint density at radius 2 is 1.83 bits per heavy atom. The Morgan fingerprint density at radius 3 is 2.50 bits per heavy atom. The van der Waals surface area contributed by atoms with Gasteiger partial charge in [0.2, 0.25) is 0 Å². The van der Waals surface area contributed by atoms with E-state index in [0.717, 1.165) is 0 Å². The zero-order chi connectivity index (χ0) is 17.7. The molecule has 4 atom stereocenters. The molecule has 136 valence electrons. The monoisotopic (exact) mass is 397 g/mol. The number of thiocarbonyl (C=S) groups is 1. The second-order valence-electron chi connectivity index (χ2n) is 6.22. The van der Waals surface area contributed by atoms with E-state index in [0.29, 0.717) is 5.11 Å². The molecule has 3 rings (SSSR count). The van der Waals surface area contributed by atoms with Gasteiger partial charge in [0.1, 0.15) is 0 Å². The molecule has 2 N–H and O–H groups in total. The van der Waals surface area contributed by atoms with Gasteiger partial charge in [-0.05, 0) is 19.1 Å². The van der Waals surface area contributed by atoms with Crippen LogP contribution in [0.5, 0.6) is 0 Å². The minimum Gasteiger partial charge on any atom is -0.450 e. The van der Waals surface area contributed by atoms with Crippen LogP contribution in [0.25, 0.3) is 0 Å². The summed E-state index contributed by atoms with van der Waals surface area (Å²) in [4.78, 5) is 13.3. The molecule has 3 heterocycles. The molecule has 12 heteroatoms. The molecule has 3 aliphatic rings. The van der Waals surface area contributed by atoms with Crippen molar-refractivity contribution < 1.29 is 26.4 Å². The Kier molecular flexibility index (Phi) is 4.41. The summed E-state index contributed by atoms with van der Waals surface area (Å²) in [5, 5.41) is 5.86. The summed E-state index contributed by atoms with van der Waals surface area (Å²) in [6.45, 7) is 1.82. The molecule has 3 fully saturated rings. The first-order chi connectivity index (χ1) is 11.1. The fourth-order valence-corrected chi connectivity index (χ4v) is 7.81. The van der Waals surface area contributed by atoms with E-state index < -0.39 is 43.9 Å². The van der Waals surface area contributed by atoms with E-state index in [1.54, 1.807) is 11.8 Å². The summed E-state index contributed by atoms with van der Waals surface area (Å²) in [5.41, 5.74) is 0. The average molecular weight is 398 g/mol. The number of nitrogens with zero attached hydrogens (tertiary/aromatic N) is 1. The Morgan fingerprint density at radius 1 is 1.21 bits per heavy atom. The molecule has 3 aliphatic heterocycles. The van der Waals surface area contributed by atoms with Gasteiger partial charge in [-0.1, -0.05) is 0 Å². The number of amides is 1. The second kappa shape index (κ2) is 5.99. The van der Waals surface area contributed by atoms with Gasteiger partial charge in [0.25, 0.3) is 0 Å². The van der Waals surface area contributed by atoms with Crippen LogP contribution in [0.3, 0.4) is 0 Å². The molecule has 0 saturated carbocycles. The van der Waals surface area contributed by atoms with E-state index in [-0.39, 0.29) is 35.7 Å². The average Bonchev–Trinajstić information content (AvgIpc) is 2.96. The second-order valence-corrected chi connectivity index (χ2v) is 10.9. The number of carbonyl (C=O) groups is 1. The van der Waals surface area contributed by atoms with Crippen molar-refractivity contribution in [3.63, 3.8) is 0 Å². The number of fused-ring (bicyclic) bond motifs is 1. The standard InChI is InChI=1S/C12H19N3O6S3/c1-2-21-12(16)14-8-4-24(19,20)6-10(8)15-9-5-23(17,18)3-7(9)13-11(15)22/h7-10H,2-6H2,1H3,(H,13,22)(H,14,16)/t7-,8+,9+,10-/m1/s1. The Hall–Kier alpha value is -1.14. The van der Waals surface area contributed by atoms with E-state index in [4.69, 9.17) is 17.0 Å². The molecule has 24 heavy (non-hydrogen) atoms. The van der Waals surface area contributed by atoms with Crippen LogP contribution >= 0.6 is 12.2 Å². The molecular formula is C12H19N3O6S3. The lowest BCUT2D eigenvalue weighted by Gasteiger charge is -2.33. The van der Waals surface area contributed by atoms with Crippen molar-refractivity contribution in [3.8, 4) is 0 Å². The van der Waals surface area contributed by atoms with Gasteiger partial charge >= 0.3 is 6.09 Å². The minimum atomic E-state index is -3.37. The molecule has 0 unspecified atom stereocenters. The molecule has 0 aromatic heterocycles. The molecular weight excluding hydrogens is 378 g/mol. The van der Waals surface area contributed by atoms with Crippen LogP contribution in [0.15, 0.2) is 0 Å². The Labute approximate surface area is 145 Å². The topological polar surface area (TPSA) is 122 Å². The van der Waals surface area contributed by atoms with Crippen molar-refractivity contribution in [2.24, 2.45) is 0 Å². The lowest BCUT2D eigenvalue weighted by atomic mass is 10.1. The quantitative estimate of drug-likeness (QED) is 0.534. The number of carbonyl (C=O) groups excluding carboxylic acids is 1. The first-order valence-corrected chi connectivity index (χ1v) is 11.6. The van der Waals surface area contributed by atoms with Crippen molar-refractivity contribution >= 4 is 43.1 Å². The van der Waals surface area contributed by atoms with Gasteiger partial charge in [-0.25, -0.2) is 21.6 Å². The summed E-state index contributed by atoms with van der Waals surface area (Å²) in [5.74, 6) is -0.508. The fourth-order valence-electron chi connectivity index (χ4n) is 3.59. The van der Waals surface area contributed by atoms with E-state index in [9.17, 15) is 21.6 Å². The van der Waals surface area contributed by atoms with Crippen LogP contribution in [-0.2, 0) is 24.4 Å². The molecule has 0 radical (unpaired) electrons. The maximum absolute atomic E-state index is 12.1. The Bertz CT molecular complexity index is 765. The van der Waals surface area contributed by atoms with Crippen LogP contribution in [0.4, 0.5) is 4.79 Å². The zero-order valence-corrected chi connectivity index (χ0v) is 15.4. The highest BCUT2D eigenvalue weighted by molar-refractivity contribution is 7.92. The molecule has 0 aromatic rings. The van der Waals surface area contributed by atoms with Crippen molar-refractivity contribution in [2.75, 3.05) is 29.6 Å². The first kappa shape index (κ1) is 17.7. The summed E-state index contributed by atoms with van der Waals surface area (Å²) < 4.78 is 52.7. The number of hydrogen-bond donors (Lipinski definition) is 2. The van der Waals surface area contributed by atoms with E-state index in [2.05, 4.69) is 10.6 Å². The SMILES string of the molecule is CCOC(=O)N[C@H]1CS(=O)(=O)C[C@H]1N1C(=S)N[C@@H]2CS(=O)(=O)C[C@@H]21.